The first-order chi connectivity index (χ1) is 17.7. The first-order valence-corrected chi connectivity index (χ1v) is 15.0. The minimum Gasteiger partial charge on any atom is -0.353 e. The number of ether oxygens (including phenoxy) is 2. The summed E-state index contributed by atoms with van der Waals surface area (Å²) in [6.07, 6.45) is 10.2. The second kappa shape index (κ2) is 8.03. The Morgan fingerprint density at radius 3 is 2.29 bits per heavy atom. The molecule has 0 aromatic carbocycles. The van der Waals surface area contributed by atoms with Crippen LogP contribution in [0.5, 0.6) is 0 Å². The minimum absolute atomic E-state index is 0.0181. The monoisotopic (exact) mass is 521 g/mol. The summed E-state index contributed by atoms with van der Waals surface area (Å²) in [5, 5.41) is 0. The van der Waals surface area contributed by atoms with Crippen molar-refractivity contribution in [1.29, 1.82) is 0 Å². The van der Waals surface area contributed by atoms with E-state index in [1.165, 1.54) is 6.42 Å². The largest absolute Gasteiger partial charge is 0.353 e. The summed E-state index contributed by atoms with van der Waals surface area (Å²) in [6, 6.07) is 0. The third kappa shape index (κ3) is 3.17. The highest BCUT2D eigenvalue weighted by molar-refractivity contribution is 6.02. The highest BCUT2D eigenvalue weighted by atomic mass is 16.7. The van der Waals surface area contributed by atoms with Gasteiger partial charge in [0.05, 0.1) is 19.3 Å². The van der Waals surface area contributed by atoms with Gasteiger partial charge in [-0.2, -0.15) is 0 Å². The Kier molecular flexibility index (Phi) is 5.64. The SMILES string of the molecule is [C-]#[N+]C1=C[C@]2(C)[C@H]3CC(=O)[C@@H]4[C@@H]5CC(C)(C)CC[C@]5(C5COCO5)CC[C@@]4(C)[C@]3(C)CC[C@H]2C(C)(C)C1=O. The molecule has 1 saturated heterocycles. The number of carbonyl (C=O) groups is 2. The number of carbonyl (C=O) groups excluding carboxylic acids is 2. The van der Waals surface area contributed by atoms with E-state index in [0.717, 1.165) is 38.5 Å². The summed E-state index contributed by atoms with van der Waals surface area (Å²) < 4.78 is 12.0. The zero-order chi connectivity index (χ0) is 27.5. The summed E-state index contributed by atoms with van der Waals surface area (Å²) >= 11 is 0. The fourth-order valence-electron chi connectivity index (χ4n) is 11.5. The van der Waals surface area contributed by atoms with Crippen molar-refractivity contribution in [2.75, 3.05) is 13.4 Å². The van der Waals surface area contributed by atoms with Gasteiger partial charge in [0.15, 0.2) is 5.78 Å². The Morgan fingerprint density at radius 1 is 0.921 bits per heavy atom. The Bertz CT molecular complexity index is 1140. The lowest BCUT2D eigenvalue weighted by atomic mass is 9.31. The number of nitrogens with zero attached hydrogens (tertiary/aromatic N) is 1. The fraction of sp³-hybridized carbons (Fsp3) is 0.848. The van der Waals surface area contributed by atoms with Gasteiger partial charge in [-0.15, -0.1) is 0 Å². The molecular formula is C33H47NO4. The van der Waals surface area contributed by atoms with Gasteiger partial charge in [0, 0.05) is 23.2 Å². The van der Waals surface area contributed by atoms with Crippen molar-refractivity contribution in [2.24, 2.45) is 56.2 Å². The first kappa shape index (κ1) is 26.7. The van der Waals surface area contributed by atoms with E-state index in [-0.39, 0.29) is 62.4 Å². The number of fused-ring (bicyclic) bond motifs is 7. The van der Waals surface area contributed by atoms with Gasteiger partial charge >= 0.3 is 0 Å². The number of allylic oxidation sites excluding steroid dienone is 2. The zero-order valence-corrected chi connectivity index (χ0v) is 24.6. The van der Waals surface area contributed by atoms with Crippen LogP contribution < -0.4 is 0 Å². The Balaban J connectivity index is 1.46. The molecule has 0 bridgehead atoms. The summed E-state index contributed by atoms with van der Waals surface area (Å²) in [6.45, 7) is 24.9. The fourth-order valence-corrected chi connectivity index (χ4v) is 11.5. The molecule has 1 heterocycles. The second-order valence-electron chi connectivity index (χ2n) is 16.0. The molecule has 38 heavy (non-hydrogen) atoms. The van der Waals surface area contributed by atoms with E-state index in [1.54, 1.807) is 0 Å². The molecule has 1 unspecified atom stereocenters. The summed E-state index contributed by atoms with van der Waals surface area (Å²) in [5.74, 6) is 1.04. The quantitative estimate of drug-likeness (QED) is 0.348. The van der Waals surface area contributed by atoms with Gasteiger partial charge in [-0.05, 0) is 84.4 Å². The molecule has 0 N–H and O–H groups in total. The van der Waals surface area contributed by atoms with Crippen LogP contribution in [-0.2, 0) is 19.1 Å². The van der Waals surface area contributed by atoms with Crippen molar-refractivity contribution < 1.29 is 19.1 Å². The predicted octanol–water partition coefficient (Wildman–Crippen LogP) is 7.01. The molecule has 1 aliphatic heterocycles. The van der Waals surface area contributed by atoms with Crippen LogP contribution in [0.2, 0.25) is 0 Å². The third-order valence-corrected chi connectivity index (χ3v) is 13.8. The van der Waals surface area contributed by atoms with Gasteiger partial charge in [0.25, 0.3) is 0 Å². The molecule has 5 nitrogen and oxygen atoms in total. The van der Waals surface area contributed by atoms with Gasteiger partial charge in [0.2, 0.25) is 5.70 Å². The lowest BCUT2D eigenvalue weighted by Crippen LogP contribution is -2.69. The molecule has 5 fully saturated rings. The predicted molar refractivity (Wildman–Crippen MR) is 146 cm³/mol. The summed E-state index contributed by atoms with van der Waals surface area (Å²) in [4.78, 5) is 31.6. The van der Waals surface area contributed by atoms with Crippen molar-refractivity contribution in [2.45, 2.75) is 106 Å². The normalized spacial score (nSPS) is 51.1. The first-order valence-electron chi connectivity index (χ1n) is 15.0. The molecule has 5 heteroatoms. The van der Waals surface area contributed by atoms with Gasteiger partial charge in [0.1, 0.15) is 12.6 Å². The van der Waals surface area contributed by atoms with Gasteiger partial charge in [-0.3, -0.25) is 4.79 Å². The average Bonchev–Trinajstić information content (AvgIpc) is 3.38. The van der Waals surface area contributed by atoms with Crippen molar-refractivity contribution >= 4 is 11.6 Å². The van der Waals surface area contributed by atoms with E-state index in [4.69, 9.17) is 16.0 Å². The number of ketones is 2. The Labute approximate surface area is 229 Å². The van der Waals surface area contributed by atoms with E-state index in [9.17, 15) is 9.59 Å². The maximum Gasteiger partial charge on any atom is 0.226 e. The molecule has 6 rings (SSSR count). The van der Waals surface area contributed by atoms with Crippen LogP contribution in [0, 0.1) is 62.7 Å². The topological polar surface area (TPSA) is 57.0 Å². The van der Waals surface area contributed by atoms with Gasteiger partial charge in [-0.25, -0.2) is 4.85 Å². The van der Waals surface area contributed by atoms with Crippen LogP contribution in [0.15, 0.2) is 11.8 Å². The molecule has 6 aliphatic rings. The highest BCUT2D eigenvalue weighted by Gasteiger charge is 2.72. The van der Waals surface area contributed by atoms with Crippen LogP contribution in [0.3, 0.4) is 0 Å². The van der Waals surface area contributed by atoms with Crippen LogP contribution in [0.4, 0.5) is 0 Å². The lowest BCUT2D eigenvalue weighted by molar-refractivity contribution is -0.234. The van der Waals surface area contributed by atoms with Gasteiger partial charge < -0.3 is 14.3 Å². The molecule has 9 atom stereocenters. The highest BCUT2D eigenvalue weighted by Crippen LogP contribution is 2.76. The molecule has 5 aliphatic carbocycles. The molecule has 0 aromatic heterocycles. The maximum absolute atomic E-state index is 14.6. The minimum atomic E-state index is -0.583. The maximum atomic E-state index is 14.6. The van der Waals surface area contributed by atoms with E-state index in [0.29, 0.717) is 31.5 Å². The second-order valence-corrected chi connectivity index (χ2v) is 16.0. The van der Waals surface area contributed by atoms with Crippen LogP contribution in [0.25, 0.3) is 4.85 Å². The average molecular weight is 522 g/mol. The number of rotatable bonds is 1. The van der Waals surface area contributed by atoms with Crippen molar-refractivity contribution in [3.8, 4) is 0 Å². The Hall–Kier alpha value is -1.51. The van der Waals surface area contributed by atoms with E-state index in [1.807, 2.05) is 19.9 Å². The summed E-state index contributed by atoms with van der Waals surface area (Å²) in [5.41, 5.74) is -0.539. The molecule has 0 radical (unpaired) electrons. The van der Waals surface area contributed by atoms with E-state index < -0.39 is 5.41 Å². The standard InChI is InChI=1S/C33H47NO4/c1-28(2)11-13-33(25-18-37-19-38-25)14-12-32(7)26(20(33)16-28)22(35)15-24-30(5)17-21(34-8)27(36)29(3,4)23(30)9-10-31(24,32)6/h17,20,23-26H,9-16,18-19H2,1-7H3/t20-,23-,24+,25?,26-,30-,31+,32+,33-/m0/s1. The Morgan fingerprint density at radius 2 is 1.63 bits per heavy atom. The summed E-state index contributed by atoms with van der Waals surface area (Å²) in [7, 11) is 0. The van der Waals surface area contributed by atoms with Crippen LogP contribution >= 0.6 is 0 Å². The zero-order valence-electron chi connectivity index (χ0n) is 24.6. The number of hydrogen-bond donors (Lipinski definition) is 0. The van der Waals surface area contributed by atoms with Crippen molar-refractivity contribution in [1.82, 2.24) is 0 Å². The number of hydrogen-bond acceptors (Lipinski definition) is 4. The molecule has 0 spiro atoms. The van der Waals surface area contributed by atoms with Gasteiger partial charge in [-0.1, -0.05) is 54.5 Å². The van der Waals surface area contributed by atoms with Crippen molar-refractivity contribution in [3.63, 3.8) is 0 Å². The molecule has 208 valence electrons. The molecule has 0 aromatic rings. The van der Waals surface area contributed by atoms with E-state index in [2.05, 4.69) is 39.5 Å². The molecular weight excluding hydrogens is 474 g/mol. The molecule has 4 saturated carbocycles. The van der Waals surface area contributed by atoms with Crippen LogP contribution in [0.1, 0.15) is 99.8 Å². The molecule has 0 amide bonds. The van der Waals surface area contributed by atoms with Crippen molar-refractivity contribution in [3.05, 3.63) is 23.2 Å². The van der Waals surface area contributed by atoms with Crippen LogP contribution in [-0.4, -0.2) is 31.1 Å². The third-order valence-electron chi connectivity index (χ3n) is 13.8. The number of Topliss-reactive ketones (excluding diaryl/α,β-unsaturated/α-hetero) is 2. The lowest BCUT2D eigenvalue weighted by Gasteiger charge is -2.72. The van der Waals surface area contributed by atoms with E-state index >= 15 is 0 Å². The smallest absolute Gasteiger partial charge is 0.226 e.